The van der Waals surface area contributed by atoms with Gasteiger partial charge in [0, 0.05) is 41.0 Å². The van der Waals surface area contributed by atoms with Gasteiger partial charge in [0.25, 0.3) is 5.91 Å². The molecule has 138 valence electrons. The van der Waals surface area contributed by atoms with Crippen LogP contribution < -0.4 is 5.32 Å². The van der Waals surface area contributed by atoms with Gasteiger partial charge < -0.3 is 19.7 Å². The number of methoxy groups -OCH3 is 1. The first-order chi connectivity index (χ1) is 13.0. The molecule has 0 aliphatic rings. The van der Waals surface area contributed by atoms with Crippen LogP contribution in [-0.4, -0.2) is 40.2 Å². The Balaban J connectivity index is 1.86. The van der Waals surface area contributed by atoms with Crippen LogP contribution in [-0.2, 0) is 9.53 Å². The number of para-hydroxylation sites is 1. The number of aromatic hydroxyl groups is 1. The van der Waals surface area contributed by atoms with Gasteiger partial charge in [-0.25, -0.2) is 4.98 Å². The highest BCUT2D eigenvalue weighted by atomic mass is 16.5. The largest absolute Gasteiger partial charge is 0.505 e. The lowest BCUT2D eigenvalue weighted by atomic mass is 10.0. The Morgan fingerprint density at radius 3 is 2.67 bits per heavy atom. The molecule has 0 saturated carbocycles. The summed E-state index contributed by atoms with van der Waals surface area (Å²) in [6.45, 7) is 1.42. The van der Waals surface area contributed by atoms with Crippen LogP contribution in [0.3, 0.4) is 0 Å². The van der Waals surface area contributed by atoms with E-state index in [-0.39, 0.29) is 18.0 Å². The van der Waals surface area contributed by atoms with E-state index in [4.69, 9.17) is 0 Å². The number of pyridine rings is 1. The number of carbonyl (C=O) groups excluding carboxylic acids is 2. The van der Waals surface area contributed by atoms with Crippen molar-refractivity contribution in [3.63, 3.8) is 0 Å². The van der Waals surface area contributed by atoms with Gasteiger partial charge in [0.05, 0.1) is 7.11 Å². The number of rotatable bonds is 5. The van der Waals surface area contributed by atoms with Crippen molar-refractivity contribution in [1.82, 2.24) is 14.9 Å². The van der Waals surface area contributed by atoms with E-state index in [9.17, 15) is 14.7 Å². The lowest BCUT2D eigenvalue weighted by molar-refractivity contribution is -0.139. The second-order valence-electron chi connectivity index (χ2n) is 5.90. The van der Waals surface area contributed by atoms with Crippen LogP contribution >= 0.6 is 0 Å². The zero-order valence-corrected chi connectivity index (χ0v) is 15.0. The van der Waals surface area contributed by atoms with Crippen molar-refractivity contribution in [2.75, 3.05) is 13.7 Å². The van der Waals surface area contributed by atoms with Crippen LogP contribution in [0.5, 0.6) is 5.75 Å². The third-order valence-electron chi connectivity index (χ3n) is 4.20. The third kappa shape index (κ3) is 3.82. The summed E-state index contributed by atoms with van der Waals surface area (Å²) < 4.78 is 6.43. The number of carbonyl (C=O) groups is 2. The number of esters is 1. The van der Waals surface area contributed by atoms with Crippen molar-refractivity contribution in [3.05, 3.63) is 66.2 Å². The van der Waals surface area contributed by atoms with Crippen LogP contribution in [0.25, 0.3) is 16.8 Å². The molecule has 0 saturated heterocycles. The number of aromatic nitrogens is 2. The fraction of sp³-hybridized carbons (Fsp3) is 0.150. The molecular formula is C20H19N3O4. The van der Waals surface area contributed by atoms with Gasteiger partial charge in [-0.15, -0.1) is 0 Å². The number of hydrogen-bond donors (Lipinski definition) is 2. The van der Waals surface area contributed by atoms with Crippen molar-refractivity contribution >= 4 is 11.9 Å². The maximum atomic E-state index is 12.1. The molecule has 2 N–H and O–H groups in total. The SMILES string of the molecule is COC(=O)CNC(=O)c1ncc(-c2ccn(-c3ccccc3)c2)c(C)c1O. The molecule has 0 atom stereocenters. The van der Waals surface area contributed by atoms with Crippen LogP contribution in [0.15, 0.2) is 55.0 Å². The summed E-state index contributed by atoms with van der Waals surface area (Å²) in [5, 5.41) is 12.8. The number of ether oxygens (including phenoxy) is 1. The molecule has 0 aliphatic heterocycles. The summed E-state index contributed by atoms with van der Waals surface area (Å²) >= 11 is 0. The Labute approximate surface area is 156 Å². The topological polar surface area (TPSA) is 93.5 Å². The van der Waals surface area contributed by atoms with E-state index in [1.54, 1.807) is 6.92 Å². The number of hydrogen-bond acceptors (Lipinski definition) is 5. The standard InChI is InChI=1S/C20H19N3O4/c1-13-16(14-8-9-23(12-14)15-6-4-3-5-7-15)10-21-18(19(13)25)20(26)22-11-17(24)27-2/h3-10,12,25H,11H2,1-2H3,(H,22,26). The average Bonchev–Trinajstić information content (AvgIpc) is 3.18. The molecule has 1 amide bonds. The highest BCUT2D eigenvalue weighted by molar-refractivity contribution is 5.97. The fourth-order valence-corrected chi connectivity index (χ4v) is 2.67. The number of amides is 1. The molecule has 2 aromatic heterocycles. The summed E-state index contributed by atoms with van der Waals surface area (Å²) in [5.74, 6) is -1.45. The van der Waals surface area contributed by atoms with Crippen molar-refractivity contribution in [3.8, 4) is 22.6 Å². The second kappa shape index (κ2) is 7.74. The zero-order valence-electron chi connectivity index (χ0n) is 15.0. The Bertz CT molecular complexity index is 980. The summed E-state index contributed by atoms with van der Waals surface area (Å²) in [5.41, 5.74) is 2.98. The predicted octanol–water partition coefficient (Wildman–Crippen LogP) is 2.46. The quantitative estimate of drug-likeness (QED) is 0.678. The summed E-state index contributed by atoms with van der Waals surface area (Å²) in [7, 11) is 1.23. The van der Waals surface area contributed by atoms with Gasteiger partial charge in [-0.2, -0.15) is 0 Å². The maximum Gasteiger partial charge on any atom is 0.325 e. The van der Waals surface area contributed by atoms with Crippen molar-refractivity contribution in [2.24, 2.45) is 0 Å². The van der Waals surface area contributed by atoms with E-state index in [1.165, 1.54) is 13.3 Å². The van der Waals surface area contributed by atoms with E-state index in [0.717, 1.165) is 11.3 Å². The molecule has 0 spiro atoms. The second-order valence-corrected chi connectivity index (χ2v) is 5.90. The molecule has 0 radical (unpaired) electrons. The van der Waals surface area contributed by atoms with Gasteiger partial charge in [0.15, 0.2) is 5.69 Å². The maximum absolute atomic E-state index is 12.1. The van der Waals surface area contributed by atoms with E-state index in [1.807, 2.05) is 53.4 Å². The van der Waals surface area contributed by atoms with Crippen LogP contribution in [0, 0.1) is 6.92 Å². The minimum absolute atomic E-state index is 0.136. The summed E-state index contributed by atoms with van der Waals surface area (Å²) in [6, 6.07) is 11.7. The first kappa shape index (κ1) is 18.2. The molecule has 3 rings (SSSR count). The molecule has 27 heavy (non-hydrogen) atoms. The van der Waals surface area contributed by atoms with Gasteiger partial charge in [-0.05, 0) is 25.1 Å². The Morgan fingerprint density at radius 1 is 1.22 bits per heavy atom. The number of benzene rings is 1. The Morgan fingerprint density at radius 2 is 1.96 bits per heavy atom. The number of nitrogens with zero attached hydrogens (tertiary/aromatic N) is 2. The van der Waals surface area contributed by atoms with Gasteiger partial charge in [-0.1, -0.05) is 18.2 Å². The monoisotopic (exact) mass is 365 g/mol. The molecule has 3 aromatic rings. The van der Waals surface area contributed by atoms with E-state index < -0.39 is 11.9 Å². The van der Waals surface area contributed by atoms with E-state index in [0.29, 0.717) is 11.1 Å². The highest BCUT2D eigenvalue weighted by Gasteiger charge is 2.19. The normalized spacial score (nSPS) is 10.4. The van der Waals surface area contributed by atoms with Crippen LogP contribution in [0.4, 0.5) is 0 Å². The minimum atomic E-state index is -0.644. The first-order valence-corrected chi connectivity index (χ1v) is 8.28. The van der Waals surface area contributed by atoms with Gasteiger partial charge in [0.2, 0.25) is 0 Å². The zero-order chi connectivity index (χ0) is 19.4. The van der Waals surface area contributed by atoms with Gasteiger partial charge in [0.1, 0.15) is 12.3 Å². The molecular weight excluding hydrogens is 346 g/mol. The van der Waals surface area contributed by atoms with Gasteiger partial charge in [-0.3, -0.25) is 9.59 Å². The molecule has 7 heteroatoms. The molecule has 1 aromatic carbocycles. The number of nitrogens with one attached hydrogen (secondary N) is 1. The van der Waals surface area contributed by atoms with Crippen molar-refractivity contribution in [1.29, 1.82) is 0 Å². The fourth-order valence-electron chi connectivity index (χ4n) is 2.67. The minimum Gasteiger partial charge on any atom is -0.505 e. The average molecular weight is 365 g/mol. The van der Waals surface area contributed by atoms with Crippen LogP contribution in [0.1, 0.15) is 16.1 Å². The van der Waals surface area contributed by atoms with Crippen molar-refractivity contribution in [2.45, 2.75) is 6.92 Å². The molecule has 2 heterocycles. The molecule has 7 nitrogen and oxygen atoms in total. The highest BCUT2D eigenvalue weighted by Crippen LogP contribution is 2.31. The lowest BCUT2D eigenvalue weighted by Gasteiger charge is -2.10. The molecule has 0 aliphatic carbocycles. The molecule has 0 bridgehead atoms. The summed E-state index contributed by atoms with van der Waals surface area (Å²) in [4.78, 5) is 27.3. The van der Waals surface area contributed by atoms with Crippen LogP contribution in [0.2, 0.25) is 0 Å². The molecule has 0 fully saturated rings. The van der Waals surface area contributed by atoms with Crippen molar-refractivity contribution < 1.29 is 19.4 Å². The lowest BCUT2D eigenvalue weighted by Crippen LogP contribution is -2.30. The van der Waals surface area contributed by atoms with Gasteiger partial charge >= 0.3 is 5.97 Å². The van der Waals surface area contributed by atoms with E-state index >= 15 is 0 Å². The smallest absolute Gasteiger partial charge is 0.325 e. The molecule has 0 unspecified atom stereocenters. The Hall–Kier alpha value is -3.61. The first-order valence-electron chi connectivity index (χ1n) is 8.28. The Kier molecular flexibility index (Phi) is 5.21. The third-order valence-corrected chi connectivity index (χ3v) is 4.20. The van der Waals surface area contributed by atoms with E-state index in [2.05, 4.69) is 15.0 Å². The summed E-state index contributed by atoms with van der Waals surface area (Å²) in [6.07, 6.45) is 5.38. The predicted molar refractivity (Wildman–Crippen MR) is 99.8 cm³/mol.